The van der Waals surface area contributed by atoms with Gasteiger partial charge in [-0.2, -0.15) is 4.31 Å². The molecule has 0 aliphatic rings. The molecule has 0 radical (unpaired) electrons. The summed E-state index contributed by atoms with van der Waals surface area (Å²) >= 11 is 18.3. The van der Waals surface area contributed by atoms with Gasteiger partial charge in [0, 0.05) is 36.2 Å². The molecule has 0 saturated heterocycles. The van der Waals surface area contributed by atoms with Crippen LogP contribution in [0.5, 0.6) is 5.75 Å². The van der Waals surface area contributed by atoms with Gasteiger partial charge in [-0.05, 0) is 47.2 Å². The van der Waals surface area contributed by atoms with Gasteiger partial charge in [0.15, 0.2) is 5.75 Å². The summed E-state index contributed by atoms with van der Waals surface area (Å²) in [5, 5.41) is 20.1. The standard InChI is InChI=1S/C23H29Cl3N2O5S/c1-14(2)10-27(23(30)31)12-16-5-17(7-18(24)6-16)13-28(11-15(3)4)34(32,33)21-9-19(25)8-20(26)22(21)29/h5-9,14-15,29H,10-13H2,1-4H3,(H,30,31). The van der Waals surface area contributed by atoms with Gasteiger partial charge in [0.25, 0.3) is 0 Å². The zero-order valence-corrected chi connectivity index (χ0v) is 22.5. The fourth-order valence-electron chi connectivity index (χ4n) is 3.51. The van der Waals surface area contributed by atoms with E-state index in [-0.39, 0.29) is 46.4 Å². The van der Waals surface area contributed by atoms with Crippen LogP contribution in [0.25, 0.3) is 0 Å². The summed E-state index contributed by atoms with van der Waals surface area (Å²) < 4.78 is 28.2. The van der Waals surface area contributed by atoms with Gasteiger partial charge in [0.2, 0.25) is 10.0 Å². The van der Waals surface area contributed by atoms with Gasteiger partial charge in [0.1, 0.15) is 4.90 Å². The molecule has 11 heteroatoms. The number of carboxylic acid groups (broad SMARTS) is 1. The quantitative estimate of drug-likeness (QED) is 0.359. The minimum atomic E-state index is -4.18. The first kappa shape index (κ1) is 28.5. The molecule has 1 amide bonds. The molecule has 0 unspecified atom stereocenters. The zero-order valence-electron chi connectivity index (χ0n) is 19.4. The van der Waals surface area contributed by atoms with Gasteiger partial charge < -0.3 is 15.1 Å². The number of halogens is 3. The predicted molar refractivity (Wildman–Crippen MR) is 135 cm³/mol. The molecule has 188 valence electrons. The van der Waals surface area contributed by atoms with Gasteiger partial charge in [-0.3, -0.25) is 0 Å². The summed E-state index contributed by atoms with van der Waals surface area (Å²) in [6, 6.07) is 7.44. The molecule has 0 aliphatic heterocycles. The van der Waals surface area contributed by atoms with E-state index in [0.29, 0.717) is 22.7 Å². The van der Waals surface area contributed by atoms with Gasteiger partial charge in [-0.1, -0.05) is 68.6 Å². The maximum Gasteiger partial charge on any atom is 0.407 e. The third-order valence-corrected chi connectivity index (χ3v) is 7.34. The van der Waals surface area contributed by atoms with E-state index in [1.54, 1.807) is 18.2 Å². The van der Waals surface area contributed by atoms with E-state index < -0.39 is 21.9 Å². The largest absolute Gasteiger partial charge is 0.505 e. The number of phenolic OH excluding ortho intramolecular Hbond substituents is 1. The molecule has 2 N–H and O–H groups in total. The lowest BCUT2D eigenvalue weighted by molar-refractivity contribution is 0.136. The third-order valence-electron chi connectivity index (χ3n) is 4.79. The molecule has 0 aromatic heterocycles. The molecule has 0 aliphatic carbocycles. The molecule has 0 spiro atoms. The Labute approximate surface area is 215 Å². The normalized spacial score (nSPS) is 12.1. The second-order valence-corrected chi connectivity index (χ2v) is 12.1. The van der Waals surface area contributed by atoms with Crippen molar-refractivity contribution in [3.8, 4) is 5.75 Å². The average molecular weight is 552 g/mol. The number of hydrogen-bond acceptors (Lipinski definition) is 4. The van der Waals surface area contributed by atoms with Crippen LogP contribution >= 0.6 is 34.8 Å². The minimum absolute atomic E-state index is 0.0289. The van der Waals surface area contributed by atoms with Crippen LogP contribution in [0.1, 0.15) is 38.8 Å². The van der Waals surface area contributed by atoms with Crippen molar-refractivity contribution in [2.75, 3.05) is 13.1 Å². The Morgan fingerprint density at radius 2 is 1.41 bits per heavy atom. The first-order chi connectivity index (χ1) is 15.7. The maximum absolute atomic E-state index is 13.5. The van der Waals surface area contributed by atoms with Crippen molar-refractivity contribution in [3.63, 3.8) is 0 Å². The molecule has 0 fully saturated rings. The molecule has 0 saturated carbocycles. The summed E-state index contributed by atoms with van der Waals surface area (Å²) in [7, 11) is -4.18. The Bertz CT molecular complexity index is 1140. The molecular weight excluding hydrogens is 523 g/mol. The number of nitrogens with zero attached hydrogens (tertiary/aromatic N) is 2. The molecule has 2 aromatic carbocycles. The first-order valence-electron chi connectivity index (χ1n) is 10.6. The van der Waals surface area contributed by atoms with E-state index in [2.05, 4.69) is 0 Å². The Morgan fingerprint density at radius 3 is 1.94 bits per heavy atom. The minimum Gasteiger partial charge on any atom is -0.505 e. The number of rotatable bonds is 10. The van der Waals surface area contributed by atoms with Crippen LogP contribution in [0, 0.1) is 11.8 Å². The highest BCUT2D eigenvalue weighted by molar-refractivity contribution is 7.89. The van der Waals surface area contributed by atoms with Crippen molar-refractivity contribution >= 4 is 50.9 Å². The van der Waals surface area contributed by atoms with E-state index in [4.69, 9.17) is 34.8 Å². The number of aromatic hydroxyl groups is 1. The third kappa shape index (κ3) is 7.65. The van der Waals surface area contributed by atoms with Crippen LogP contribution < -0.4 is 0 Å². The molecule has 0 atom stereocenters. The lowest BCUT2D eigenvalue weighted by Gasteiger charge is -2.26. The fourth-order valence-corrected chi connectivity index (χ4v) is 6.12. The van der Waals surface area contributed by atoms with Crippen molar-refractivity contribution in [2.45, 2.75) is 45.7 Å². The smallest absolute Gasteiger partial charge is 0.407 e. The predicted octanol–water partition coefficient (Wildman–Crippen LogP) is 6.34. The fraction of sp³-hybridized carbons (Fsp3) is 0.435. The monoisotopic (exact) mass is 550 g/mol. The zero-order chi connectivity index (χ0) is 25.8. The summed E-state index contributed by atoms with van der Waals surface area (Å²) in [6.07, 6.45) is -1.05. The topological polar surface area (TPSA) is 98.2 Å². The van der Waals surface area contributed by atoms with Crippen LogP contribution in [0.3, 0.4) is 0 Å². The van der Waals surface area contributed by atoms with Crippen molar-refractivity contribution in [1.29, 1.82) is 0 Å². The molecule has 7 nitrogen and oxygen atoms in total. The van der Waals surface area contributed by atoms with E-state index in [0.717, 1.165) is 6.07 Å². The second-order valence-electron chi connectivity index (χ2n) is 8.95. The Balaban J connectivity index is 2.45. The maximum atomic E-state index is 13.5. The number of hydrogen-bond donors (Lipinski definition) is 2. The van der Waals surface area contributed by atoms with Gasteiger partial charge in [0.05, 0.1) is 5.02 Å². The summed E-state index contributed by atoms with van der Waals surface area (Å²) in [6.45, 7) is 8.15. The highest BCUT2D eigenvalue weighted by Crippen LogP contribution is 2.36. The van der Waals surface area contributed by atoms with Crippen LogP contribution in [0.2, 0.25) is 15.1 Å². The van der Waals surface area contributed by atoms with Crippen LogP contribution in [-0.2, 0) is 23.1 Å². The van der Waals surface area contributed by atoms with Crippen molar-refractivity contribution in [3.05, 3.63) is 56.5 Å². The number of amides is 1. The average Bonchev–Trinajstić information content (AvgIpc) is 2.68. The summed E-state index contributed by atoms with van der Waals surface area (Å²) in [4.78, 5) is 12.5. The highest BCUT2D eigenvalue weighted by Gasteiger charge is 2.30. The van der Waals surface area contributed by atoms with Crippen molar-refractivity contribution in [2.24, 2.45) is 11.8 Å². The molecule has 34 heavy (non-hydrogen) atoms. The SMILES string of the molecule is CC(C)CN(Cc1cc(Cl)cc(CN(CC(C)C)S(=O)(=O)c2cc(Cl)cc(Cl)c2O)c1)C(=O)O. The van der Waals surface area contributed by atoms with Gasteiger partial charge in [-0.15, -0.1) is 0 Å². The molecule has 0 bridgehead atoms. The highest BCUT2D eigenvalue weighted by atomic mass is 35.5. The number of benzene rings is 2. The second kappa shape index (κ2) is 11.8. The number of phenols is 1. The summed E-state index contributed by atoms with van der Waals surface area (Å²) in [5.41, 5.74) is 1.22. The molecular formula is C23H29Cl3N2O5S. The van der Waals surface area contributed by atoms with E-state index in [9.17, 15) is 23.4 Å². The van der Waals surface area contributed by atoms with Crippen LogP contribution in [0.15, 0.2) is 35.2 Å². The van der Waals surface area contributed by atoms with Crippen molar-refractivity contribution in [1.82, 2.24) is 9.21 Å². The number of sulfonamides is 1. The Kier molecular flexibility index (Phi) is 9.91. The molecule has 0 heterocycles. The Hall–Kier alpha value is -1.71. The lowest BCUT2D eigenvalue weighted by Crippen LogP contribution is -2.34. The van der Waals surface area contributed by atoms with E-state index in [1.807, 2.05) is 27.7 Å². The summed E-state index contributed by atoms with van der Waals surface area (Å²) in [5.74, 6) is -0.463. The molecule has 2 rings (SSSR count). The van der Waals surface area contributed by atoms with E-state index in [1.165, 1.54) is 15.3 Å². The van der Waals surface area contributed by atoms with Gasteiger partial charge in [-0.25, -0.2) is 13.2 Å². The molecule has 2 aromatic rings. The first-order valence-corrected chi connectivity index (χ1v) is 13.2. The van der Waals surface area contributed by atoms with Crippen molar-refractivity contribution < 1.29 is 23.4 Å². The van der Waals surface area contributed by atoms with Crippen LogP contribution in [-0.4, -0.2) is 47.0 Å². The Morgan fingerprint density at radius 1 is 0.882 bits per heavy atom. The lowest BCUT2D eigenvalue weighted by atomic mass is 10.1. The van der Waals surface area contributed by atoms with Gasteiger partial charge >= 0.3 is 6.09 Å². The number of carbonyl (C=O) groups is 1. The van der Waals surface area contributed by atoms with E-state index >= 15 is 0 Å². The van der Waals surface area contributed by atoms with Crippen LogP contribution in [0.4, 0.5) is 4.79 Å².